The maximum absolute atomic E-state index is 13.6. The molecule has 2 aromatic rings. The Hall–Kier alpha value is -2.13. The summed E-state index contributed by atoms with van der Waals surface area (Å²) in [5.41, 5.74) is 2.38. The van der Waals surface area contributed by atoms with Gasteiger partial charge in [-0.25, -0.2) is 0 Å². The fraction of sp³-hybridized carbons (Fsp3) is 0.435. The Morgan fingerprint density at radius 1 is 1.04 bits per heavy atom. The van der Waals surface area contributed by atoms with E-state index in [-0.39, 0.29) is 17.7 Å². The van der Waals surface area contributed by atoms with Crippen LogP contribution in [0.15, 0.2) is 54.6 Å². The van der Waals surface area contributed by atoms with Gasteiger partial charge in [-0.05, 0) is 49.8 Å². The normalized spacial score (nSPS) is 35.2. The second-order valence-electron chi connectivity index (χ2n) is 8.47. The molecule has 0 aromatic heterocycles. The zero-order valence-corrected chi connectivity index (χ0v) is 15.2. The lowest BCUT2D eigenvalue weighted by molar-refractivity contribution is -0.151. The smallest absolute Gasteiger partial charge is 0.151 e. The minimum atomic E-state index is -0.852. The number of carbonyl (C=O) groups is 1. The van der Waals surface area contributed by atoms with Gasteiger partial charge in [-0.15, -0.1) is 0 Å². The van der Waals surface area contributed by atoms with Crippen LogP contribution < -0.4 is 4.90 Å². The number of carbonyl (C=O) groups excluding carboxylic acids is 1. The van der Waals surface area contributed by atoms with Crippen molar-refractivity contribution in [2.75, 3.05) is 4.90 Å². The van der Waals surface area contributed by atoms with Crippen LogP contribution in [0, 0.1) is 5.92 Å². The van der Waals surface area contributed by atoms with Crippen molar-refractivity contribution in [1.82, 2.24) is 0 Å². The summed E-state index contributed by atoms with van der Waals surface area (Å²) in [7, 11) is 0. The summed E-state index contributed by atoms with van der Waals surface area (Å²) >= 11 is 0. The van der Waals surface area contributed by atoms with Gasteiger partial charge in [-0.3, -0.25) is 4.79 Å². The van der Waals surface area contributed by atoms with Gasteiger partial charge in [0, 0.05) is 24.2 Å². The number of ketones is 1. The molecule has 2 bridgehead atoms. The summed E-state index contributed by atoms with van der Waals surface area (Å²) in [6, 6.07) is 19.2. The van der Waals surface area contributed by atoms with Gasteiger partial charge in [-0.1, -0.05) is 48.5 Å². The van der Waals surface area contributed by atoms with Crippen LogP contribution in [0.3, 0.4) is 0 Å². The molecule has 1 N–H and O–H groups in total. The minimum absolute atomic E-state index is 0.208. The average Bonchev–Trinajstić information content (AvgIpc) is 2.91. The monoisotopic (exact) mass is 347 g/mol. The fourth-order valence-corrected chi connectivity index (χ4v) is 5.80. The molecule has 1 aliphatic heterocycles. The predicted molar refractivity (Wildman–Crippen MR) is 102 cm³/mol. The van der Waals surface area contributed by atoms with E-state index >= 15 is 0 Å². The number of para-hydroxylation sites is 1. The van der Waals surface area contributed by atoms with Gasteiger partial charge >= 0.3 is 0 Å². The number of rotatable bonds is 2. The lowest BCUT2D eigenvalue weighted by Gasteiger charge is -2.52. The van der Waals surface area contributed by atoms with E-state index in [9.17, 15) is 9.90 Å². The number of hydrogen-bond donors (Lipinski definition) is 1. The molecule has 2 fully saturated rings. The Labute approximate surface area is 154 Å². The van der Waals surface area contributed by atoms with Gasteiger partial charge < -0.3 is 10.0 Å². The molecular formula is C23H25NO2. The Morgan fingerprint density at radius 2 is 1.77 bits per heavy atom. The predicted octanol–water partition coefficient (Wildman–Crippen LogP) is 3.84. The fourth-order valence-electron chi connectivity index (χ4n) is 5.80. The standard InChI is InChI=1S/C23H25NO2/c1-22(26)13-14-23-17-9-5-6-10-19(17)24(15-16-7-3-2-4-8-16)20(23)12-11-18(22)21(23)25/h2-10,18,20,26H,11-15H2,1H3/t18-,20-,22+,23-/m1/s1. The molecule has 3 aliphatic rings. The average molecular weight is 347 g/mol. The number of Topliss-reactive ketones (excluding diaryl/α,β-unsaturated/α-hetero) is 1. The SMILES string of the molecule is C[C@]1(O)CC[C@]23C(=O)[C@H]1CC[C@H]2N(Cc1ccccc1)c1ccccc13. The van der Waals surface area contributed by atoms with E-state index in [2.05, 4.69) is 53.4 Å². The third-order valence-electron chi connectivity index (χ3n) is 7.10. The first kappa shape index (κ1) is 16.1. The van der Waals surface area contributed by atoms with Crippen LogP contribution in [0.4, 0.5) is 5.69 Å². The van der Waals surface area contributed by atoms with Gasteiger partial charge in [0.2, 0.25) is 0 Å². The Morgan fingerprint density at radius 3 is 2.58 bits per heavy atom. The third-order valence-corrected chi connectivity index (χ3v) is 7.10. The van der Waals surface area contributed by atoms with Crippen LogP contribution in [-0.2, 0) is 16.8 Å². The van der Waals surface area contributed by atoms with Crippen molar-refractivity contribution < 1.29 is 9.90 Å². The zero-order valence-electron chi connectivity index (χ0n) is 15.2. The summed E-state index contributed by atoms with van der Waals surface area (Å²) < 4.78 is 0. The largest absolute Gasteiger partial charge is 0.389 e. The highest BCUT2D eigenvalue weighted by Gasteiger charge is 2.64. The van der Waals surface area contributed by atoms with Crippen LogP contribution in [0.5, 0.6) is 0 Å². The van der Waals surface area contributed by atoms with E-state index in [4.69, 9.17) is 0 Å². The highest BCUT2D eigenvalue weighted by Crippen LogP contribution is 2.59. The van der Waals surface area contributed by atoms with Gasteiger partial charge in [0.1, 0.15) is 0 Å². The van der Waals surface area contributed by atoms with Gasteiger partial charge in [0.25, 0.3) is 0 Å². The van der Waals surface area contributed by atoms with E-state index in [0.717, 1.165) is 25.8 Å². The van der Waals surface area contributed by atoms with E-state index in [1.54, 1.807) is 0 Å². The highest BCUT2D eigenvalue weighted by molar-refractivity contribution is 5.99. The Bertz CT molecular complexity index is 860. The maximum atomic E-state index is 13.6. The summed E-state index contributed by atoms with van der Waals surface area (Å²) in [4.78, 5) is 16.1. The van der Waals surface area contributed by atoms with E-state index in [1.165, 1.54) is 16.8 Å². The molecule has 3 heteroatoms. The first-order chi connectivity index (χ1) is 12.5. The lowest BCUT2D eigenvalue weighted by Crippen LogP contribution is -2.63. The summed E-state index contributed by atoms with van der Waals surface area (Å²) in [5, 5.41) is 10.8. The topological polar surface area (TPSA) is 40.5 Å². The van der Waals surface area contributed by atoms with Crippen LogP contribution >= 0.6 is 0 Å². The lowest BCUT2D eigenvalue weighted by atomic mass is 9.53. The molecule has 0 saturated heterocycles. The van der Waals surface area contributed by atoms with Crippen molar-refractivity contribution in [1.29, 1.82) is 0 Å². The molecule has 26 heavy (non-hydrogen) atoms. The highest BCUT2D eigenvalue weighted by atomic mass is 16.3. The molecule has 1 heterocycles. The van der Waals surface area contributed by atoms with Gasteiger partial charge in [-0.2, -0.15) is 0 Å². The summed E-state index contributed by atoms with van der Waals surface area (Å²) in [6.07, 6.45) is 3.21. The number of hydrogen-bond acceptors (Lipinski definition) is 3. The first-order valence-electron chi connectivity index (χ1n) is 9.71. The molecule has 2 aliphatic carbocycles. The number of anilines is 1. The number of fused-ring (bicyclic) bond motifs is 2. The molecule has 2 saturated carbocycles. The van der Waals surface area contributed by atoms with Gasteiger partial charge in [0.15, 0.2) is 5.78 Å². The quantitative estimate of drug-likeness (QED) is 0.897. The molecule has 134 valence electrons. The molecule has 3 nitrogen and oxygen atoms in total. The van der Waals surface area contributed by atoms with Crippen molar-refractivity contribution in [3.63, 3.8) is 0 Å². The van der Waals surface area contributed by atoms with Crippen LogP contribution in [0.25, 0.3) is 0 Å². The third kappa shape index (κ3) is 2.01. The number of aliphatic hydroxyl groups is 1. The van der Waals surface area contributed by atoms with Crippen LogP contribution in [0.1, 0.15) is 43.7 Å². The summed E-state index contributed by atoms with van der Waals surface area (Å²) in [6.45, 7) is 2.68. The zero-order chi connectivity index (χ0) is 17.9. The Kier molecular flexibility index (Phi) is 3.36. The van der Waals surface area contributed by atoms with Crippen LogP contribution in [-0.4, -0.2) is 22.5 Å². The number of nitrogens with zero attached hydrogens (tertiary/aromatic N) is 1. The molecule has 2 aromatic carbocycles. The van der Waals surface area contributed by atoms with Gasteiger partial charge in [0.05, 0.1) is 11.0 Å². The number of benzene rings is 2. The van der Waals surface area contributed by atoms with Crippen molar-refractivity contribution in [3.8, 4) is 0 Å². The molecule has 0 radical (unpaired) electrons. The van der Waals surface area contributed by atoms with Crippen molar-refractivity contribution in [3.05, 3.63) is 65.7 Å². The van der Waals surface area contributed by atoms with Crippen molar-refractivity contribution in [2.24, 2.45) is 5.92 Å². The molecule has 0 unspecified atom stereocenters. The van der Waals surface area contributed by atoms with Crippen molar-refractivity contribution >= 4 is 11.5 Å². The molecule has 0 amide bonds. The minimum Gasteiger partial charge on any atom is -0.389 e. The Balaban J connectivity index is 1.62. The van der Waals surface area contributed by atoms with E-state index in [0.29, 0.717) is 6.42 Å². The second-order valence-corrected chi connectivity index (χ2v) is 8.47. The van der Waals surface area contributed by atoms with E-state index in [1.807, 2.05) is 13.0 Å². The maximum Gasteiger partial charge on any atom is 0.151 e. The molecule has 1 spiro atoms. The first-order valence-corrected chi connectivity index (χ1v) is 9.71. The molecule has 4 atom stereocenters. The van der Waals surface area contributed by atoms with Crippen molar-refractivity contribution in [2.45, 2.75) is 56.2 Å². The molecular weight excluding hydrogens is 322 g/mol. The second kappa shape index (κ2) is 5.43. The van der Waals surface area contributed by atoms with Crippen LogP contribution in [0.2, 0.25) is 0 Å². The van der Waals surface area contributed by atoms with E-state index < -0.39 is 11.0 Å². The molecule has 5 rings (SSSR count). The summed E-state index contributed by atoms with van der Waals surface area (Å²) in [5.74, 6) is 0.0465.